The maximum absolute atomic E-state index is 11.5. The van der Waals surface area contributed by atoms with Crippen LogP contribution in [0.3, 0.4) is 0 Å². The molecule has 1 aliphatic heterocycles. The molecule has 1 atom stereocenters. The Balaban J connectivity index is 2.22. The molecule has 0 aliphatic carbocycles. The highest BCUT2D eigenvalue weighted by molar-refractivity contribution is 5.69. The molecule has 176 valence electrons. The van der Waals surface area contributed by atoms with Crippen LogP contribution in [0.2, 0.25) is 0 Å². The van der Waals surface area contributed by atoms with Crippen molar-refractivity contribution in [3.63, 3.8) is 0 Å². The highest BCUT2D eigenvalue weighted by atomic mass is 16.5. The van der Waals surface area contributed by atoms with Gasteiger partial charge in [-0.2, -0.15) is 0 Å². The Morgan fingerprint density at radius 2 is 1.61 bits per heavy atom. The number of ether oxygens (including phenoxy) is 1. The van der Waals surface area contributed by atoms with Gasteiger partial charge in [0.2, 0.25) is 0 Å². The quantitative estimate of drug-likeness (QED) is 0.602. The number of hydrogen-bond donors (Lipinski definition) is 3. The second kappa shape index (κ2) is 12.5. The Morgan fingerprint density at radius 3 is 2.19 bits per heavy atom. The third-order valence-electron chi connectivity index (χ3n) is 5.82. The second-order valence-corrected chi connectivity index (χ2v) is 9.26. The normalized spacial score (nSPS) is 21.4. The average molecular weight is 438 g/mol. The van der Waals surface area contributed by atoms with Crippen molar-refractivity contribution in [2.24, 2.45) is 0 Å². The van der Waals surface area contributed by atoms with E-state index in [0.717, 1.165) is 5.56 Å². The number of carbonyl (C=O) groups is 1. The molecule has 1 aliphatic rings. The zero-order valence-corrected chi connectivity index (χ0v) is 19.2. The maximum atomic E-state index is 11.5. The molecule has 8 heteroatoms. The molecule has 0 radical (unpaired) electrons. The number of hydrogen-bond acceptors (Lipinski definition) is 7. The molecule has 0 spiro atoms. The fourth-order valence-corrected chi connectivity index (χ4v) is 3.82. The number of carboxylic acids is 1. The molecule has 3 N–H and O–H groups in total. The van der Waals surface area contributed by atoms with Gasteiger partial charge in [0.15, 0.2) is 0 Å². The Bertz CT molecular complexity index is 662. The van der Waals surface area contributed by atoms with Crippen molar-refractivity contribution in [1.29, 1.82) is 0 Å². The number of rotatable bonds is 6. The van der Waals surface area contributed by atoms with Gasteiger partial charge < -0.3 is 20.1 Å². The van der Waals surface area contributed by atoms with Crippen molar-refractivity contribution >= 4 is 5.97 Å². The Labute approximate surface area is 186 Å². The number of aliphatic carboxylic acids is 1. The van der Waals surface area contributed by atoms with Gasteiger partial charge in [-0.05, 0) is 23.0 Å². The minimum Gasteiger partial charge on any atom is -0.480 e. The van der Waals surface area contributed by atoms with Gasteiger partial charge in [-0.15, -0.1) is 0 Å². The van der Waals surface area contributed by atoms with Crippen LogP contribution in [-0.2, 0) is 21.4 Å². The lowest BCUT2D eigenvalue weighted by atomic mass is 9.86. The van der Waals surface area contributed by atoms with Crippen LogP contribution in [0.4, 0.5) is 0 Å². The van der Waals surface area contributed by atoms with Gasteiger partial charge in [0.05, 0.1) is 33.2 Å². The Hall–Kier alpha value is -1.55. The van der Waals surface area contributed by atoms with E-state index in [1.807, 2.05) is 14.7 Å². The van der Waals surface area contributed by atoms with Crippen LogP contribution in [0.15, 0.2) is 24.3 Å². The molecular formula is C23H39N3O5. The average Bonchev–Trinajstić information content (AvgIpc) is 2.71. The van der Waals surface area contributed by atoms with Crippen molar-refractivity contribution in [2.45, 2.75) is 38.6 Å². The van der Waals surface area contributed by atoms with Crippen LogP contribution in [-0.4, -0.2) is 108 Å². The van der Waals surface area contributed by atoms with E-state index in [2.05, 4.69) is 45.0 Å². The largest absolute Gasteiger partial charge is 0.480 e. The first-order chi connectivity index (χ1) is 14.7. The van der Waals surface area contributed by atoms with E-state index < -0.39 is 5.97 Å². The molecule has 31 heavy (non-hydrogen) atoms. The van der Waals surface area contributed by atoms with Gasteiger partial charge in [0, 0.05) is 38.8 Å². The summed E-state index contributed by atoms with van der Waals surface area (Å²) in [6, 6.07) is 8.41. The third kappa shape index (κ3) is 8.84. The highest BCUT2D eigenvalue weighted by Gasteiger charge is 2.25. The predicted octanol–water partition coefficient (Wildman–Crippen LogP) is 0.816. The predicted molar refractivity (Wildman–Crippen MR) is 120 cm³/mol. The summed E-state index contributed by atoms with van der Waals surface area (Å²) in [7, 11) is 0. The molecule has 8 nitrogen and oxygen atoms in total. The van der Waals surface area contributed by atoms with Crippen molar-refractivity contribution in [2.75, 3.05) is 65.9 Å². The number of nitrogens with zero attached hydrogens (tertiary/aromatic N) is 3. The van der Waals surface area contributed by atoms with E-state index in [9.17, 15) is 20.1 Å². The van der Waals surface area contributed by atoms with Crippen molar-refractivity contribution in [3.05, 3.63) is 35.4 Å². The smallest absolute Gasteiger partial charge is 0.317 e. The highest BCUT2D eigenvalue weighted by Crippen LogP contribution is 2.23. The number of aliphatic hydroxyl groups excluding tert-OH is 2. The van der Waals surface area contributed by atoms with Gasteiger partial charge >= 0.3 is 5.97 Å². The molecule has 1 saturated heterocycles. The molecule has 1 aromatic rings. The van der Waals surface area contributed by atoms with Crippen LogP contribution in [0.5, 0.6) is 0 Å². The van der Waals surface area contributed by atoms with Crippen LogP contribution in [0.1, 0.15) is 31.9 Å². The van der Waals surface area contributed by atoms with Crippen LogP contribution in [0.25, 0.3) is 0 Å². The Kier molecular flexibility index (Phi) is 10.3. The third-order valence-corrected chi connectivity index (χ3v) is 5.82. The molecule has 2 rings (SSSR count). The zero-order valence-electron chi connectivity index (χ0n) is 19.2. The van der Waals surface area contributed by atoms with Gasteiger partial charge in [0.25, 0.3) is 0 Å². The lowest BCUT2D eigenvalue weighted by molar-refractivity contribution is -0.139. The first-order valence-electron chi connectivity index (χ1n) is 11.0. The maximum Gasteiger partial charge on any atom is 0.317 e. The number of carboxylic acid groups (broad SMARTS) is 1. The summed E-state index contributed by atoms with van der Waals surface area (Å²) in [5, 5.41) is 28.9. The molecule has 1 heterocycles. The van der Waals surface area contributed by atoms with E-state index >= 15 is 0 Å². The molecule has 0 saturated carbocycles. The molecule has 0 unspecified atom stereocenters. The SMILES string of the molecule is CC(C)(C)c1ccc(C[C@H]2CN(CO)CCN(CO)CCOCCN2CC(=O)O)cc1. The number of benzene rings is 1. The summed E-state index contributed by atoms with van der Waals surface area (Å²) in [6.07, 6.45) is 0.678. The summed E-state index contributed by atoms with van der Waals surface area (Å²) in [5.74, 6) is -0.873. The summed E-state index contributed by atoms with van der Waals surface area (Å²) >= 11 is 0. The van der Waals surface area contributed by atoms with E-state index in [0.29, 0.717) is 52.4 Å². The molecule has 0 aromatic heterocycles. The summed E-state index contributed by atoms with van der Waals surface area (Å²) in [4.78, 5) is 17.3. The monoisotopic (exact) mass is 437 g/mol. The first kappa shape index (κ1) is 25.7. The fourth-order valence-electron chi connectivity index (χ4n) is 3.82. The van der Waals surface area contributed by atoms with Crippen LogP contribution >= 0.6 is 0 Å². The van der Waals surface area contributed by atoms with E-state index in [1.165, 1.54) is 5.56 Å². The van der Waals surface area contributed by atoms with Gasteiger partial charge in [-0.25, -0.2) is 0 Å². The fraction of sp³-hybridized carbons (Fsp3) is 0.696. The van der Waals surface area contributed by atoms with Crippen LogP contribution in [0, 0.1) is 0 Å². The molecule has 1 fully saturated rings. The van der Waals surface area contributed by atoms with Crippen molar-refractivity contribution in [3.8, 4) is 0 Å². The van der Waals surface area contributed by atoms with Gasteiger partial charge in [-0.3, -0.25) is 19.5 Å². The zero-order chi connectivity index (χ0) is 22.9. The van der Waals surface area contributed by atoms with E-state index in [4.69, 9.17) is 4.74 Å². The van der Waals surface area contributed by atoms with E-state index in [-0.39, 0.29) is 31.5 Å². The van der Waals surface area contributed by atoms with Gasteiger partial charge in [-0.1, -0.05) is 45.0 Å². The minimum absolute atomic E-state index is 0.0582. The molecule has 0 bridgehead atoms. The first-order valence-corrected chi connectivity index (χ1v) is 11.0. The summed E-state index contributed by atoms with van der Waals surface area (Å²) in [5.41, 5.74) is 2.47. The molecular weight excluding hydrogens is 398 g/mol. The molecule has 0 amide bonds. The van der Waals surface area contributed by atoms with E-state index in [1.54, 1.807) is 0 Å². The van der Waals surface area contributed by atoms with Crippen molar-refractivity contribution in [1.82, 2.24) is 14.7 Å². The summed E-state index contributed by atoms with van der Waals surface area (Å²) < 4.78 is 5.70. The van der Waals surface area contributed by atoms with Gasteiger partial charge in [0.1, 0.15) is 0 Å². The Morgan fingerprint density at radius 1 is 1.00 bits per heavy atom. The lowest BCUT2D eigenvalue weighted by Gasteiger charge is -2.35. The summed E-state index contributed by atoms with van der Waals surface area (Å²) in [6.45, 7) is 9.99. The number of aliphatic hydroxyl groups is 2. The standard InChI is InChI=1S/C23H39N3O5/c1-23(2,3)20-6-4-19(5-7-20)14-21-15-25(18-28)9-8-24(17-27)10-12-31-13-11-26(21)16-22(29)30/h4-7,21,27-28H,8-18H2,1-3H3,(H,29,30)/t21-/m0/s1. The van der Waals surface area contributed by atoms with Crippen molar-refractivity contribution < 1.29 is 24.9 Å². The lowest BCUT2D eigenvalue weighted by Crippen LogP contribution is -2.50. The topological polar surface area (TPSA) is 96.7 Å². The second-order valence-electron chi connectivity index (χ2n) is 9.26. The molecule has 1 aromatic carbocycles. The van der Waals surface area contributed by atoms with Crippen LogP contribution < -0.4 is 0 Å². The minimum atomic E-state index is -0.873.